The minimum Gasteiger partial charge on any atom is -0.336 e. The zero-order valence-corrected chi connectivity index (χ0v) is 19.5. The van der Waals surface area contributed by atoms with Gasteiger partial charge in [-0.25, -0.2) is 0 Å². The predicted molar refractivity (Wildman–Crippen MR) is 135 cm³/mol. The molecule has 3 aromatic carbocycles. The number of carbonyl (C=O) groups excluding carboxylic acids is 3. The fourth-order valence-corrected chi connectivity index (χ4v) is 4.54. The van der Waals surface area contributed by atoms with Gasteiger partial charge in [-0.2, -0.15) is 0 Å². The largest absolute Gasteiger partial charge is 0.336 e. The number of piperazine rings is 1. The second-order valence-electron chi connectivity index (χ2n) is 8.84. The van der Waals surface area contributed by atoms with Gasteiger partial charge in [0.2, 0.25) is 0 Å². The lowest BCUT2D eigenvalue weighted by Crippen LogP contribution is -2.48. The summed E-state index contributed by atoms with van der Waals surface area (Å²) in [5.41, 5.74) is 3.50. The van der Waals surface area contributed by atoms with E-state index < -0.39 is 0 Å². The smallest absolute Gasteiger partial charge is 0.261 e. The molecule has 0 spiro atoms. The number of benzene rings is 3. The molecular weight excluding hydrogens is 438 g/mol. The van der Waals surface area contributed by atoms with Crippen molar-refractivity contribution in [2.75, 3.05) is 32.7 Å². The van der Waals surface area contributed by atoms with Gasteiger partial charge in [0.15, 0.2) is 0 Å². The topological polar surface area (TPSA) is 60.9 Å². The van der Waals surface area contributed by atoms with E-state index >= 15 is 0 Å². The molecule has 2 aliphatic heterocycles. The van der Waals surface area contributed by atoms with Crippen LogP contribution in [0.15, 0.2) is 84.9 Å². The molecule has 1 fully saturated rings. The number of amides is 3. The molecule has 176 valence electrons. The molecule has 0 saturated carbocycles. The summed E-state index contributed by atoms with van der Waals surface area (Å²) in [6, 6.07) is 24.3. The van der Waals surface area contributed by atoms with E-state index in [1.165, 1.54) is 10.5 Å². The first-order chi connectivity index (χ1) is 17.1. The van der Waals surface area contributed by atoms with Gasteiger partial charge in [0.05, 0.1) is 17.7 Å². The lowest BCUT2D eigenvalue weighted by atomic mass is 10.1. The zero-order valence-electron chi connectivity index (χ0n) is 19.5. The van der Waals surface area contributed by atoms with Crippen LogP contribution in [-0.2, 0) is 6.54 Å². The third-order valence-electron chi connectivity index (χ3n) is 6.55. The predicted octanol–water partition coefficient (Wildman–Crippen LogP) is 3.95. The van der Waals surface area contributed by atoms with Crippen molar-refractivity contribution in [2.45, 2.75) is 6.54 Å². The van der Waals surface area contributed by atoms with Crippen LogP contribution < -0.4 is 0 Å². The molecule has 0 N–H and O–H groups in total. The lowest BCUT2D eigenvalue weighted by molar-refractivity contribution is 0.0633. The summed E-state index contributed by atoms with van der Waals surface area (Å²) in [6.07, 6.45) is 4.29. The summed E-state index contributed by atoms with van der Waals surface area (Å²) in [5, 5.41) is 0. The van der Waals surface area contributed by atoms with Crippen molar-refractivity contribution in [3.05, 3.63) is 113 Å². The Kier molecular flexibility index (Phi) is 6.55. The highest BCUT2D eigenvalue weighted by Crippen LogP contribution is 2.24. The fraction of sp³-hybridized carbons (Fsp3) is 0.207. The summed E-state index contributed by atoms with van der Waals surface area (Å²) in [5.74, 6) is -0.541. The van der Waals surface area contributed by atoms with Gasteiger partial charge in [-0.1, -0.05) is 66.7 Å². The summed E-state index contributed by atoms with van der Waals surface area (Å²) in [6.45, 7) is 4.11. The number of carbonyl (C=O) groups is 3. The first-order valence-corrected chi connectivity index (χ1v) is 11.9. The molecule has 3 aromatic rings. The Balaban J connectivity index is 1.13. The standard InChI is InChI=1S/C29H27N3O3/c33-27(31-19-17-30(18-20-31)16-6-9-22-7-2-1-3-8-22)24-14-12-23(13-15-24)21-32-28(34)25-10-4-5-11-26(25)29(32)35/h1-15H,16-21H2/b9-6+. The van der Waals surface area contributed by atoms with E-state index in [1.54, 1.807) is 36.4 Å². The first-order valence-electron chi connectivity index (χ1n) is 11.9. The minimum absolute atomic E-state index is 0.0109. The van der Waals surface area contributed by atoms with Crippen molar-refractivity contribution in [2.24, 2.45) is 0 Å². The second kappa shape index (κ2) is 10.1. The van der Waals surface area contributed by atoms with Crippen molar-refractivity contribution in [1.29, 1.82) is 0 Å². The van der Waals surface area contributed by atoms with Crippen LogP contribution in [0.3, 0.4) is 0 Å². The molecule has 0 bridgehead atoms. The Morgan fingerprint density at radius 1 is 0.743 bits per heavy atom. The summed E-state index contributed by atoms with van der Waals surface area (Å²) < 4.78 is 0. The highest BCUT2D eigenvalue weighted by molar-refractivity contribution is 6.21. The van der Waals surface area contributed by atoms with Crippen molar-refractivity contribution in [1.82, 2.24) is 14.7 Å². The van der Waals surface area contributed by atoms with E-state index in [1.807, 2.05) is 35.2 Å². The number of hydrogen-bond donors (Lipinski definition) is 0. The van der Waals surface area contributed by atoms with Crippen molar-refractivity contribution in [3.8, 4) is 0 Å². The number of nitrogens with zero attached hydrogens (tertiary/aromatic N) is 3. The van der Waals surface area contributed by atoms with Gasteiger partial charge in [-0.05, 0) is 35.4 Å². The van der Waals surface area contributed by atoms with Gasteiger partial charge >= 0.3 is 0 Å². The Morgan fingerprint density at radius 3 is 1.97 bits per heavy atom. The SMILES string of the molecule is O=C(c1ccc(CN2C(=O)c3ccccc3C2=O)cc1)N1CCN(C/C=C/c2ccccc2)CC1. The molecule has 1 saturated heterocycles. The number of rotatable bonds is 6. The van der Waals surface area contributed by atoms with E-state index in [0.717, 1.165) is 25.2 Å². The average Bonchev–Trinajstić information content (AvgIpc) is 3.15. The lowest BCUT2D eigenvalue weighted by Gasteiger charge is -2.34. The Bertz CT molecular complexity index is 1220. The highest BCUT2D eigenvalue weighted by Gasteiger charge is 2.35. The maximum absolute atomic E-state index is 13.0. The monoisotopic (exact) mass is 465 g/mol. The van der Waals surface area contributed by atoms with Crippen LogP contribution in [0.25, 0.3) is 6.08 Å². The van der Waals surface area contributed by atoms with Crippen LogP contribution >= 0.6 is 0 Å². The number of hydrogen-bond acceptors (Lipinski definition) is 4. The van der Waals surface area contributed by atoms with Gasteiger partial charge in [-0.15, -0.1) is 0 Å². The first kappa shape index (κ1) is 22.7. The molecule has 0 aliphatic carbocycles. The summed E-state index contributed by atoms with van der Waals surface area (Å²) in [7, 11) is 0. The molecule has 3 amide bonds. The molecular formula is C29H27N3O3. The summed E-state index contributed by atoms with van der Waals surface area (Å²) >= 11 is 0. The van der Waals surface area contributed by atoms with Gasteiger partial charge in [0, 0.05) is 38.3 Å². The second-order valence-corrected chi connectivity index (χ2v) is 8.84. The quantitative estimate of drug-likeness (QED) is 0.517. The molecule has 35 heavy (non-hydrogen) atoms. The van der Waals surface area contributed by atoms with Crippen molar-refractivity contribution < 1.29 is 14.4 Å². The molecule has 5 rings (SSSR count). The third-order valence-corrected chi connectivity index (χ3v) is 6.55. The van der Waals surface area contributed by atoms with Crippen LogP contribution in [0, 0.1) is 0 Å². The summed E-state index contributed by atoms with van der Waals surface area (Å²) in [4.78, 5) is 43.7. The molecule has 2 heterocycles. The van der Waals surface area contributed by atoms with Crippen LogP contribution in [0.2, 0.25) is 0 Å². The maximum atomic E-state index is 13.0. The van der Waals surface area contributed by atoms with E-state index in [0.29, 0.717) is 29.8 Å². The van der Waals surface area contributed by atoms with Crippen molar-refractivity contribution in [3.63, 3.8) is 0 Å². The molecule has 0 atom stereocenters. The van der Waals surface area contributed by atoms with Gasteiger partial charge in [0.1, 0.15) is 0 Å². The molecule has 0 radical (unpaired) electrons. The minimum atomic E-state index is -0.276. The van der Waals surface area contributed by atoms with Gasteiger partial charge in [0.25, 0.3) is 17.7 Å². The number of imide groups is 1. The molecule has 0 unspecified atom stereocenters. The Morgan fingerprint density at radius 2 is 1.34 bits per heavy atom. The zero-order chi connectivity index (χ0) is 24.2. The molecule has 6 heteroatoms. The highest BCUT2D eigenvalue weighted by atomic mass is 16.2. The van der Waals surface area contributed by atoms with Crippen LogP contribution in [-0.4, -0.2) is 65.1 Å². The van der Waals surface area contributed by atoms with E-state index in [-0.39, 0.29) is 24.3 Å². The number of fused-ring (bicyclic) bond motifs is 1. The van der Waals surface area contributed by atoms with E-state index in [9.17, 15) is 14.4 Å². The normalized spacial score (nSPS) is 16.2. The maximum Gasteiger partial charge on any atom is 0.261 e. The third kappa shape index (κ3) is 4.93. The van der Waals surface area contributed by atoms with Gasteiger partial charge < -0.3 is 4.90 Å². The Hall–Kier alpha value is -4.03. The molecule has 0 aromatic heterocycles. The van der Waals surface area contributed by atoms with Crippen LogP contribution in [0.1, 0.15) is 42.2 Å². The van der Waals surface area contributed by atoms with E-state index in [4.69, 9.17) is 0 Å². The van der Waals surface area contributed by atoms with Crippen LogP contribution in [0.5, 0.6) is 0 Å². The van der Waals surface area contributed by atoms with Gasteiger partial charge in [-0.3, -0.25) is 24.2 Å². The van der Waals surface area contributed by atoms with E-state index in [2.05, 4.69) is 29.2 Å². The Labute approximate surface area is 205 Å². The molecule has 2 aliphatic rings. The van der Waals surface area contributed by atoms with Crippen LogP contribution in [0.4, 0.5) is 0 Å². The van der Waals surface area contributed by atoms with Crippen molar-refractivity contribution >= 4 is 23.8 Å². The average molecular weight is 466 g/mol. The fourth-order valence-electron chi connectivity index (χ4n) is 4.54. The molecule has 6 nitrogen and oxygen atoms in total.